The van der Waals surface area contributed by atoms with E-state index in [0.29, 0.717) is 18.0 Å². The van der Waals surface area contributed by atoms with Crippen molar-refractivity contribution in [2.45, 2.75) is 19.6 Å². The number of anilines is 1. The van der Waals surface area contributed by atoms with Crippen molar-refractivity contribution in [3.63, 3.8) is 0 Å². The Labute approximate surface area is 179 Å². The number of aromatic nitrogens is 4. The molecule has 156 valence electrons. The number of benzene rings is 3. The molecule has 0 aliphatic carbocycles. The van der Waals surface area contributed by atoms with Crippen LogP contribution in [0, 0.1) is 0 Å². The molecule has 1 atom stereocenters. The minimum Gasteiger partial charge on any atom is -0.489 e. The first-order valence-corrected chi connectivity index (χ1v) is 9.75. The first kappa shape index (κ1) is 20.1. The molecule has 0 saturated carbocycles. The minimum absolute atomic E-state index is 0.259. The van der Waals surface area contributed by atoms with Crippen LogP contribution in [-0.4, -0.2) is 32.2 Å². The van der Waals surface area contributed by atoms with Gasteiger partial charge in [-0.2, -0.15) is 0 Å². The molecule has 0 spiro atoms. The molecule has 1 aromatic heterocycles. The first-order valence-electron chi connectivity index (χ1n) is 9.75. The second-order valence-electron chi connectivity index (χ2n) is 6.80. The number of carbonyl (C=O) groups excluding carboxylic acids is 1. The molecule has 0 fully saturated rings. The van der Waals surface area contributed by atoms with Gasteiger partial charge in [-0.05, 0) is 59.3 Å². The third-order valence-electron chi connectivity index (χ3n) is 4.48. The lowest BCUT2D eigenvalue weighted by molar-refractivity contribution is -0.122. The molecular weight excluding hydrogens is 394 g/mol. The second kappa shape index (κ2) is 9.53. The molecule has 31 heavy (non-hydrogen) atoms. The minimum atomic E-state index is -0.696. The molecule has 8 heteroatoms. The van der Waals surface area contributed by atoms with Crippen molar-refractivity contribution in [1.29, 1.82) is 0 Å². The van der Waals surface area contributed by atoms with Gasteiger partial charge in [-0.1, -0.05) is 36.4 Å². The predicted molar refractivity (Wildman–Crippen MR) is 115 cm³/mol. The van der Waals surface area contributed by atoms with Crippen LogP contribution in [0.4, 0.5) is 5.69 Å². The highest BCUT2D eigenvalue weighted by molar-refractivity contribution is 5.94. The van der Waals surface area contributed by atoms with Crippen LogP contribution < -0.4 is 14.8 Å². The number of hydrogen-bond donors (Lipinski definition) is 1. The zero-order chi connectivity index (χ0) is 21.5. The van der Waals surface area contributed by atoms with Crippen molar-refractivity contribution in [3.8, 4) is 17.2 Å². The normalized spacial score (nSPS) is 11.5. The van der Waals surface area contributed by atoms with Crippen molar-refractivity contribution >= 4 is 11.6 Å². The van der Waals surface area contributed by atoms with Crippen LogP contribution in [0.5, 0.6) is 11.5 Å². The summed E-state index contributed by atoms with van der Waals surface area (Å²) in [6.45, 7) is 2.18. The van der Waals surface area contributed by atoms with Gasteiger partial charge in [0.2, 0.25) is 0 Å². The van der Waals surface area contributed by atoms with E-state index >= 15 is 0 Å². The zero-order valence-electron chi connectivity index (χ0n) is 16.9. The zero-order valence-corrected chi connectivity index (χ0v) is 16.9. The van der Waals surface area contributed by atoms with E-state index in [0.717, 1.165) is 17.0 Å². The van der Waals surface area contributed by atoms with E-state index in [9.17, 15) is 4.79 Å². The molecular formula is C23H21N5O3. The van der Waals surface area contributed by atoms with E-state index in [1.807, 2.05) is 54.6 Å². The number of nitrogens with one attached hydrogen (secondary N) is 1. The van der Waals surface area contributed by atoms with Gasteiger partial charge < -0.3 is 14.8 Å². The van der Waals surface area contributed by atoms with Crippen LogP contribution in [0.1, 0.15) is 12.5 Å². The maximum Gasteiger partial charge on any atom is 0.265 e. The highest BCUT2D eigenvalue weighted by Gasteiger charge is 2.15. The van der Waals surface area contributed by atoms with Crippen LogP contribution in [-0.2, 0) is 11.4 Å². The number of carbonyl (C=O) groups is 1. The number of tetrazole rings is 1. The Kier molecular flexibility index (Phi) is 6.18. The summed E-state index contributed by atoms with van der Waals surface area (Å²) < 4.78 is 13.1. The van der Waals surface area contributed by atoms with Gasteiger partial charge in [0.1, 0.15) is 24.4 Å². The molecule has 8 nitrogen and oxygen atoms in total. The van der Waals surface area contributed by atoms with Gasteiger partial charge in [0, 0.05) is 11.8 Å². The van der Waals surface area contributed by atoms with Gasteiger partial charge in [0.05, 0.1) is 5.69 Å². The molecule has 0 aliphatic heterocycles. The predicted octanol–water partition coefficient (Wildman–Crippen LogP) is 3.65. The maximum atomic E-state index is 12.5. The molecule has 1 amide bonds. The fourth-order valence-corrected chi connectivity index (χ4v) is 2.86. The Morgan fingerprint density at radius 1 is 1.00 bits per heavy atom. The third-order valence-corrected chi connectivity index (χ3v) is 4.48. The summed E-state index contributed by atoms with van der Waals surface area (Å²) >= 11 is 0. The fraction of sp³-hybridized carbons (Fsp3) is 0.130. The second-order valence-corrected chi connectivity index (χ2v) is 6.80. The van der Waals surface area contributed by atoms with Crippen LogP contribution in [0.25, 0.3) is 5.69 Å². The lowest BCUT2D eigenvalue weighted by Crippen LogP contribution is -2.30. The quantitative estimate of drug-likeness (QED) is 0.472. The van der Waals surface area contributed by atoms with E-state index in [4.69, 9.17) is 9.47 Å². The average Bonchev–Trinajstić information content (AvgIpc) is 3.35. The maximum absolute atomic E-state index is 12.5. The molecule has 0 bridgehead atoms. The lowest BCUT2D eigenvalue weighted by Gasteiger charge is -2.15. The molecule has 4 aromatic rings. The number of amides is 1. The van der Waals surface area contributed by atoms with Crippen molar-refractivity contribution in [3.05, 3.63) is 90.8 Å². The number of hydrogen-bond acceptors (Lipinski definition) is 6. The molecule has 0 radical (unpaired) electrons. The first-order chi connectivity index (χ1) is 15.2. The van der Waals surface area contributed by atoms with E-state index in [-0.39, 0.29) is 5.91 Å². The van der Waals surface area contributed by atoms with Gasteiger partial charge in [0.15, 0.2) is 6.10 Å². The summed E-state index contributed by atoms with van der Waals surface area (Å²) in [6, 6.07) is 24.4. The van der Waals surface area contributed by atoms with Crippen molar-refractivity contribution in [2.75, 3.05) is 5.32 Å². The Balaban J connectivity index is 1.31. The fourth-order valence-electron chi connectivity index (χ4n) is 2.86. The highest BCUT2D eigenvalue weighted by Crippen LogP contribution is 2.19. The molecule has 4 rings (SSSR count). The van der Waals surface area contributed by atoms with Crippen LogP contribution >= 0.6 is 0 Å². The van der Waals surface area contributed by atoms with Crippen molar-refractivity contribution < 1.29 is 14.3 Å². The molecule has 1 N–H and O–H groups in total. The van der Waals surface area contributed by atoms with Crippen molar-refractivity contribution in [2.24, 2.45) is 0 Å². The van der Waals surface area contributed by atoms with Gasteiger partial charge in [-0.15, -0.1) is 5.10 Å². The molecule has 1 heterocycles. The Bertz CT molecular complexity index is 1120. The standard InChI is InChI=1S/C23H21N5O3/c1-17(31-22-9-5-8-20(14-22)28-16-24-26-27-28)23(29)25-19-10-12-21(13-11-19)30-15-18-6-3-2-4-7-18/h2-14,16-17H,15H2,1H3,(H,25,29). The summed E-state index contributed by atoms with van der Waals surface area (Å²) in [5, 5.41) is 13.9. The van der Waals surface area contributed by atoms with E-state index < -0.39 is 6.10 Å². The van der Waals surface area contributed by atoms with E-state index in [2.05, 4.69) is 20.8 Å². The monoisotopic (exact) mass is 415 g/mol. The third kappa shape index (κ3) is 5.45. The molecule has 3 aromatic carbocycles. The Morgan fingerprint density at radius 3 is 2.55 bits per heavy atom. The van der Waals surface area contributed by atoms with Crippen LogP contribution in [0.2, 0.25) is 0 Å². The smallest absolute Gasteiger partial charge is 0.265 e. The topological polar surface area (TPSA) is 91.2 Å². The van der Waals surface area contributed by atoms with Crippen LogP contribution in [0.15, 0.2) is 85.2 Å². The number of nitrogens with zero attached hydrogens (tertiary/aromatic N) is 4. The van der Waals surface area contributed by atoms with Crippen LogP contribution in [0.3, 0.4) is 0 Å². The van der Waals surface area contributed by atoms with Gasteiger partial charge >= 0.3 is 0 Å². The largest absolute Gasteiger partial charge is 0.489 e. The van der Waals surface area contributed by atoms with Gasteiger partial charge in [0.25, 0.3) is 5.91 Å². The van der Waals surface area contributed by atoms with E-state index in [1.165, 1.54) is 11.0 Å². The SMILES string of the molecule is CC(Oc1cccc(-n2cnnn2)c1)C(=O)Nc1ccc(OCc2ccccc2)cc1. The highest BCUT2D eigenvalue weighted by atomic mass is 16.5. The van der Waals surface area contributed by atoms with Crippen molar-refractivity contribution in [1.82, 2.24) is 20.2 Å². The van der Waals surface area contributed by atoms with Gasteiger partial charge in [-0.25, -0.2) is 4.68 Å². The summed E-state index contributed by atoms with van der Waals surface area (Å²) in [5.74, 6) is 1.01. The summed E-state index contributed by atoms with van der Waals surface area (Å²) in [6.07, 6.45) is 0.792. The molecule has 0 aliphatic rings. The molecule has 1 unspecified atom stereocenters. The average molecular weight is 415 g/mol. The lowest BCUT2D eigenvalue weighted by atomic mass is 10.2. The number of ether oxygens (including phenoxy) is 2. The summed E-state index contributed by atoms with van der Waals surface area (Å²) in [4.78, 5) is 12.5. The Hall–Kier alpha value is -4.20. The molecule has 0 saturated heterocycles. The van der Waals surface area contributed by atoms with Gasteiger partial charge in [-0.3, -0.25) is 4.79 Å². The number of rotatable bonds is 8. The Morgan fingerprint density at radius 2 is 1.81 bits per heavy atom. The summed E-state index contributed by atoms with van der Waals surface area (Å²) in [7, 11) is 0. The van der Waals surface area contributed by atoms with E-state index in [1.54, 1.807) is 31.2 Å². The summed E-state index contributed by atoms with van der Waals surface area (Å²) in [5.41, 5.74) is 2.49.